The maximum atomic E-state index is 10.00. The SMILES string of the molecule is N#Cc1ccc2c(c1)c1cc(-c3cccc(Cc4cccc(-c5ccccc5)c4)c3)ccc1n2-c1ccc2oc3c(-n4c5c(c6ccccc64)CCC=C5)cccc3c2c1. The van der Waals surface area contributed by atoms with Crippen molar-refractivity contribution in [1.82, 2.24) is 9.13 Å². The van der Waals surface area contributed by atoms with E-state index in [4.69, 9.17) is 4.42 Å². The summed E-state index contributed by atoms with van der Waals surface area (Å²) in [5, 5.41) is 15.6. The third kappa shape index (κ3) is 5.44. The number of nitriles is 1. The molecule has 4 heteroatoms. The molecule has 3 heterocycles. The van der Waals surface area contributed by atoms with Crippen LogP contribution in [0.15, 0.2) is 186 Å². The second-order valence-electron chi connectivity index (χ2n) is 15.9. The van der Waals surface area contributed by atoms with E-state index in [0.29, 0.717) is 5.56 Å². The number of aryl methyl sites for hydroxylation is 1. The first kappa shape index (κ1) is 34.2. The first-order valence-electron chi connectivity index (χ1n) is 20.7. The minimum absolute atomic E-state index is 0.644. The highest BCUT2D eigenvalue weighted by Gasteiger charge is 2.22. The maximum absolute atomic E-state index is 10.00. The molecule has 3 aromatic heterocycles. The molecular formula is C56H37N3O. The van der Waals surface area contributed by atoms with Gasteiger partial charge >= 0.3 is 0 Å². The molecule has 0 saturated carbocycles. The zero-order valence-corrected chi connectivity index (χ0v) is 32.8. The molecule has 1 aliphatic rings. The molecule has 0 spiro atoms. The predicted octanol–water partition coefficient (Wildman–Crippen LogP) is 14.4. The molecule has 0 amide bonds. The molecule has 4 nitrogen and oxygen atoms in total. The van der Waals surface area contributed by atoms with Gasteiger partial charge in [-0.25, -0.2) is 0 Å². The summed E-state index contributed by atoms with van der Waals surface area (Å²) in [6.07, 6.45) is 7.48. The van der Waals surface area contributed by atoms with Crippen LogP contribution in [0, 0.1) is 11.3 Å². The third-order valence-corrected chi connectivity index (χ3v) is 12.4. The Labute approximate surface area is 347 Å². The molecule has 0 aliphatic heterocycles. The summed E-state index contributed by atoms with van der Waals surface area (Å²) in [5.41, 5.74) is 17.7. The van der Waals surface area contributed by atoms with Crippen LogP contribution < -0.4 is 0 Å². The summed E-state index contributed by atoms with van der Waals surface area (Å²) in [5.74, 6) is 0. The Bertz CT molecular complexity index is 3590. The second kappa shape index (κ2) is 13.6. The number of rotatable bonds is 6. The number of fused-ring (bicyclic) bond motifs is 9. The molecule has 0 unspecified atom stereocenters. The van der Waals surface area contributed by atoms with E-state index in [-0.39, 0.29) is 0 Å². The minimum Gasteiger partial charge on any atom is -0.454 e. The molecule has 282 valence electrons. The van der Waals surface area contributed by atoms with E-state index in [1.54, 1.807) is 0 Å². The van der Waals surface area contributed by atoms with Crippen LogP contribution in [-0.2, 0) is 12.8 Å². The Hall–Kier alpha value is -7.87. The largest absolute Gasteiger partial charge is 0.454 e. The van der Waals surface area contributed by atoms with Crippen molar-refractivity contribution in [3.63, 3.8) is 0 Å². The molecule has 0 bridgehead atoms. The van der Waals surface area contributed by atoms with Gasteiger partial charge in [-0.05, 0) is 125 Å². The van der Waals surface area contributed by atoms with Crippen LogP contribution in [0.25, 0.3) is 94.4 Å². The number of nitrogens with zero attached hydrogens (tertiary/aromatic N) is 3. The highest BCUT2D eigenvalue weighted by Crippen LogP contribution is 2.41. The summed E-state index contributed by atoms with van der Waals surface area (Å²) < 4.78 is 11.5. The summed E-state index contributed by atoms with van der Waals surface area (Å²) in [6.45, 7) is 0. The van der Waals surface area contributed by atoms with Gasteiger partial charge in [-0.2, -0.15) is 5.26 Å². The van der Waals surface area contributed by atoms with Gasteiger partial charge < -0.3 is 13.6 Å². The van der Waals surface area contributed by atoms with Crippen LogP contribution in [-0.4, -0.2) is 9.13 Å². The van der Waals surface area contributed by atoms with E-state index < -0.39 is 0 Å². The van der Waals surface area contributed by atoms with Crippen molar-refractivity contribution in [1.29, 1.82) is 5.26 Å². The molecule has 0 atom stereocenters. The van der Waals surface area contributed by atoms with Gasteiger partial charge in [0.2, 0.25) is 0 Å². The Balaban J connectivity index is 0.965. The predicted molar refractivity (Wildman–Crippen MR) is 247 cm³/mol. The fourth-order valence-electron chi connectivity index (χ4n) is 9.67. The van der Waals surface area contributed by atoms with Gasteiger partial charge in [0.15, 0.2) is 5.58 Å². The minimum atomic E-state index is 0.644. The Morgan fingerprint density at radius 1 is 0.517 bits per heavy atom. The van der Waals surface area contributed by atoms with E-state index >= 15 is 0 Å². The van der Waals surface area contributed by atoms with E-state index in [0.717, 1.165) is 79.9 Å². The van der Waals surface area contributed by atoms with Gasteiger partial charge in [0, 0.05) is 38.3 Å². The normalized spacial score (nSPS) is 12.5. The number of furan rings is 1. The van der Waals surface area contributed by atoms with E-state index in [1.165, 1.54) is 50.0 Å². The average molecular weight is 768 g/mol. The van der Waals surface area contributed by atoms with Crippen molar-refractivity contribution in [3.8, 4) is 39.7 Å². The zero-order valence-electron chi connectivity index (χ0n) is 32.8. The Morgan fingerprint density at radius 3 is 2.03 bits per heavy atom. The lowest BCUT2D eigenvalue weighted by Crippen LogP contribution is -2.00. The van der Waals surface area contributed by atoms with Gasteiger partial charge in [-0.3, -0.25) is 0 Å². The molecule has 60 heavy (non-hydrogen) atoms. The fraction of sp³-hybridized carbons (Fsp3) is 0.0536. The van der Waals surface area contributed by atoms with Crippen molar-refractivity contribution in [2.45, 2.75) is 19.3 Å². The van der Waals surface area contributed by atoms with Gasteiger partial charge in [-0.1, -0.05) is 121 Å². The van der Waals surface area contributed by atoms with Crippen molar-refractivity contribution in [2.75, 3.05) is 0 Å². The summed E-state index contributed by atoms with van der Waals surface area (Å²) in [6, 6.07) is 65.2. The van der Waals surface area contributed by atoms with Crippen LogP contribution in [0.1, 0.15) is 34.4 Å². The van der Waals surface area contributed by atoms with Crippen LogP contribution in [0.3, 0.4) is 0 Å². The van der Waals surface area contributed by atoms with Gasteiger partial charge in [0.25, 0.3) is 0 Å². The molecular weight excluding hydrogens is 731 g/mol. The van der Waals surface area contributed by atoms with E-state index in [1.807, 2.05) is 12.1 Å². The van der Waals surface area contributed by atoms with Crippen molar-refractivity contribution >= 4 is 60.7 Å². The number of aromatic nitrogens is 2. The fourth-order valence-corrected chi connectivity index (χ4v) is 9.67. The van der Waals surface area contributed by atoms with Crippen molar-refractivity contribution < 1.29 is 4.42 Å². The monoisotopic (exact) mass is 767 g/mol. The lowest BCUT2D eigenvalue weighted by atomic mass is 9.96. The number of para-hydroxylation sites is 2. The molecule has 0 N–H and O–H groups in total. The van der Waals surface area contributed by atoms with Crippen LogP contribution in [0.4, 0.5) is 0 Å². The maximum Gasteiger partial charge on any atom is 0.159 e. The molecule has 1 aliphatic carbocycles. The Kier molecular flexibility index (Phi) is 7.76. The highest BCUT2D eigenvalue weighted by molar-refractivity contribution is 6.12. The topological polar surface area (TPSA) is 46.8 Å². The third-order valence-electron chi connectivity index (χ3n) is 12.4. The lowest BCUT2D eigenvalue weighted by Gasteiger charge is -2.12. The quantitative estimate of drug-likeness (QED) is 0.169. The summed E-state index contributed by atoms with van der Waals surface area (Å²) >= 11 is 0. The van der Waals surface area contributed by atoms with Crippen LogP contribution in [0.2, 0.25) is 0 Å². The standard InChI is InChI=1S/C56H37N3O/c57-35-38-23-26-52-47(32-38)48-33-42(41-16-9-12-37(31-41)29-36-11-8-15-40(30-36)39-13-2-1-3-14-39)24-27-53(48)58(52)43-25-28-55-49(34-43)46-19-10-22-54(56(46)60-55)59-50-20-6-4-17-44(50)45-18-5-7-21-51(45)59/h1-4,6-17,19-28,30-34H,5,18,29H2. The molecule has 0 saturated heterocycles. The molecule has 8 aromatic carbocycles. The summed E-state index contributed by atoms with van der Waals surface area (Å²) in [4.78, 5) is 0. The number of hydrogen-bond acceptors (Lipinski definition) is 2. The van der Waals surface area contributed by atoms with Gasteiger partial charge in [0.05, 0.1) is 33.9 Å². The first-order chi connectivity index (χ1) is 29.7. The summed E-state index contributed by atoms with van der Waals surface area (Å²) in [7, 11) is 0. The van der Waals surface area contributed by atoms with Gasteiger partial charge in [-0.15, -0.1) is 0 Å². The second-order valence-corrected chi connectivity index (χ2v) is 15.9. The molecule has 11 aromatic rings. The van der Waals surface area contributed by atoms with Crippen molar-refractivity contribution in [2.24, 2.45) is 0 Å². The van der Waals surface area contributed by atoms with Crippen LogP contribution >= 0.6 is 0 Å². The van der Waals surface area contributed by atoms with Gasteiger partial charge in [0.1, 0.15) is 5.58 Å². The highest BCUT2D eigenvalue weighted by atomic mass is 16.3. The van der Waals surface area contributed by atoms with Crippen molar-refractivity contribution in [3.05, 3.63) is 210 Å². The lowest BCUT2D eigenvalue weighted by molar-refractivity contribution is 0.665. The first-order valence-corrected chi connectivity index (χ1v) is 20.7. The molecule has 0 fully saturated rings. The Morgan fingerprint density at radius 2 is 1.20 bits per heavy atom. The number of allylic oxidation sites excluding steroid dienone is 1. The van der Waals surface area contributed by atoms with Crippen LogP contribution in [0.5, 0.6) is 0 Å². The number of hydrogen-bond donors (Lipinski definition) is 0. The van der Waals surface area contributed by atoms with E-state index in [9.17, 15) is 5.26 Å². The average Bonchev–Trinajstić information content (AvgIpc) is 3.96. The molecule has 0 radical (unpaired) electrons. The smallest absolute Gasteiger partial charge is 0.159 e. The zero-order chi connectivity index (χ0) is 39.7. The van der Waals surface area contributed by atoms with E-state index in [2.05, 4.69) is 191 Å². The number of benzene rings is 8. The molecule has 12 rings (SSSR count).